The number of hydrogen-bond acceptors (Lipinski definition) is 4. The van der Waals surface area contributed by atoms with Crippen molar-refractivity contribution >= 4 is 11.6 Å². The van der Waals surface area contributed by atoms with Gasteiger partial charge in [-0.25, -0.2) is 0 Å². The number of amides is 1. The fourth-order valence-electron chi connectivity index (χ4n) is 3.58. The zero-order valence-electron chi connectivity index (χ0n) is 20.2. The van der Waals surface area contributed by atoms with E-state index < -0.39 is 0 Å². The quantitative estimate of drug-likeness (QED) is 0.297. The van der Waals surface area contributed by atoms with Gasteiger partial charge in [0.05, 0.1) is 7.11 Å². The van der Waals surface area contributed by atoms with Gasteiger partial charge in [0.15, 0.2) is 0 Å². The molecule has 0 radical (unpaired) electrons. The summed E-state index contributed by atoms with van der Waals surface area (Å²) in [5.41, 5.74) is 5.48. The molecule has 0 bridgehead atoms. The number of nitrogens with one attached hydrogen (secondary N) is 1. The third-order valence-electron chi connectivity index (χ3n) is 5.78. The first-order valence-corrected chi connectivity index (χ1v) is 11.5. The zero-order valence-corrected chi connectivity index (χ0v) is 20.2. The number of benzene rings is 4. The number of methoxy groups -OCH3 is 1. The Morgan fingerprint density at radius 1 is 0.743 bits per heavy atom. The summed E-state index contributed by atoms with van der Waals surface area (Å²) in [4.78, 5) is 12.9. The molecule has 1 amide bonds. The summed E-state index contributed by atoms with van der Waals surface area (Å²) < 4.78 is 17.3. The van der Waals surface area contributed by atoms with Crippen LogP contribution in [0.4, 0.5) is 5.69 Å². The van der Waals surface area contributed by atoms with Crippen LogP contribution in [0.3, 0.4) is 0 Å². The van der Waals surface area contributed by atoms with Crippen molar-refractivity contribution in [3.05, 3.63) is 119 Å². The van der Waals surface area contributed by atoms with Crippen LogP contribution in [-0.2, 0) is 13.2 Å². The molecule has 0 aromatic heterocycles. The minimum Gasteiger partial charge on any atom is -0.496 e. The Bertz CT molecular complexity index is 1280. The molecule has 5 heteroatoms. The monoisotopic (exact) mass is 467 g/mol. The van der Waals surface area contributed by atoms with Crippen molar-refractivity contribution in [1.82, 2.24) is 0 Å². The van der Waals surface area contributed by atoms with Crippen molar-refractivity contribution in [3.8, 4) is 17.2 Å². The maximum atomic E-state index is 12.9. The number of rotatable bonds is 9. The number of anilines is 1. The molecule has 0 atom stereocenters. The van der Waals surface area contributed by atoms with Crippen LogP contribution < -0.4 is 19.5 Å². The maximum Gasteiger partial charge on any atom is 0.255 e. The Kier molecular flexibility index (Phi) is 7.68. The van der Waals surface area contributed by atoms with Crippen LogP contribution in [0.15, 0.2) is 91.0 Å². The lowest BCUT2D eigenvalue weighted by atomic mass is 10.1. The van der Waals surface area contributed by atoms with E-state index in [2.05, 4.69) is 19.2 Å². The highest BCUT2D eigenvalue weighted by atomic mass is 16.5. The summed E-state index contributed by atoms with van der Waals surface area (Å²) in [7, 11) is 1.61. The predicted octanol–water partition coefficient (Wildman–Crippen LogP) is 6.72. The van der Waals surface area contributed by atoms with E-state index in [1.54, 1.807) is 25.3 Å². The molecule has 1 N–H and O–H groups in total. The SMILES string of the molecule is COc1ccc(C(=O)Nc2ccc(OCc3ccccc3)cc2)cc1COc1ccc(C)c(C)c1. The van der Waals surface area contributed by atoms with Gasteiger partial charge >= 0.3 is 0 Å². The van der Waals surface area contributed by atoms with E-state index in [0.29, 0.717) is 30.2 Å². The Hall–Kier alpha value is -4.25. The summed E-state index contributed by atoms with van der Waals surface area (Å²) in [6.45, 7) is 4.90. The van der Waals surface area contributed by atoms with Crippen molar-refractivity contribution in [1.29, 1.82) is 0 Å². The van der Waals surface area contributed by atoms with E-state index in [4.69, 9.17) is 14.2 Å². The average molecular weight is 468 g/mol. The number of carbonyl (C=O) groups excluding carboxylic acids is 1. The van der Waals surface area contributed by atoms with Crippen LogP contribution in [0.2, 0.25) is 0 Å². The molecule has 4 rings (SSSR count). The van der Waals surface area contributed by atoms with Crippen LogP contribution in [0.25, 0.3) is 0 Å². The second-order valence-corrected chi connectivity index (χ2v) is 8.31. The second kappa shape index (κ2) is 11.3. The molecule has 4 aromatic carbocycles. The minimum absolute atomic E-state index is 0.210. The maximum absolute atomic E-state index is 12.9. The first kappa shape index (κ1) is 23.9. The minimum atomic E-state index is -0.210. The van der Waals surface area contributed by atoms with Crippen LogP contribution in [0, 0.1) is 13.8 Å². The highest BCUT2D eigenvalue weighted by molar-refractivity contribution is 6.04. The molecule has 0 heterocycles. The van der Waals surface area contributed by atoms with Crippen molar-refractivity contribution < 1.29 is 19.0 Å². The van der Waals surface area contributed by atoms with Gasteiger partial charge in [-0.3, -0.25) is 4.79 Å². The molecular formula is C30H29NO4. The van der Waals surface area contributed by atoms with Gasteiger partial charge in [0.1, 0.15) is 30.5 Å². The van der Waals surface area contributed by atoms with Crippen molar-refractivity contribution in [3.63, 3.8) is 0 Å². The molecule has 0 saturated carbocycles. The molecule has 178 valence electrons. The van der Waals surface area contributed by atoms with E-state index in [0.717, 1.165) is 22.6 Å². The molecule has 4 aromatic rings. The van der Waals surface area contributed by atoms with Crippen molar-refractivity contribution in [2.24, 2.45) is 0 Å². The molecule has 0 aliphatic rings. The molecule has 5 nitrogen and oxygen atoms in total. The van der Waals surface area contributed by atoms with E-state index in [9.17, 15) is 4.79 Å². The van der Waals surface area contributed by atoms with Gasteiger partial charge in [0, 0.05) is 16.8 Å². The van der Waals surface area contributed by atoms with Gasteiger partial charge in [-0.05, 0) is 85.1 Å². The topological polar surface area (TPSA) is 56.8 Å². The van der Waals surface area contributed by atoms with E-state index >= 15 is 0 Å². The third kappa shape index (κ3) is 6.42. The Morgan fingerprint density at radius 2 is 1.46 bits per heavy atom. The first-order valence-electron chi connectivity index (χ1n) is 11.5. The van der Waals surface area contributed by atoms with Crippen LogP contribution in [0.5, 0.6) is 17.2 Å². The number of carbonyl (C=O) groups is 1. The lowest BCUT2D eigenvalue weighted by Crippen LogP contribution is -2.13. The lowest BCUT2D eigenvalue weighted by Gasteiger charge is -2.13. The molecule has 0 spiro atoms. The summed E-state index contributed by atoms with van der Waals surface area (Å²) >= 11 is 0. The van der Waals surface area contributed by atoms with E-state index in [1.165, 1.54) is 11.1 Å². The molecule has 0 saturated heterocycles. The van der Waals surface area contributed by atoms with E-state index in [1.807, 2.05) is 72.8 Å². The average Bonchev–Trinajstić information content (AvgIpc) is 2.89. The number of aryl methyl sites for hydroxylation is 2. The second-order valence-electron chi connectivity index (χ2n) is 8.31. The summed E-state index contributed by atoms with van der Waals surface area (Å²) in [5.74, 6) is 1.98. The number of ether oxygens (including phenoxy) is 3. The number of hydrogen-bond donors (Lipinski definition) is 1. The standard InChI is InChI=1S/C30H29NO4/c1-21-9-13-28(17-22(21)2)35-20-25-18-24(10-16-29(25)33-3)30(32)31-26-11-14-27(15-12-26)34-19-23-7-5-4-6-8-23/h4-18H,19-20H2,1-3H3,(H,31,32). The summed E-state index contributed by atoms with van der Waals surface area (Å²) in [5, 5.41) is 2.94. The van der Waals surface area contributed by atoms with Crippen LogP contribution in [-0.4, -0.2) is 13.0 Å². The summed E-state index contributed by atoms with van der Waals surface area (Å²) in [6, 6.07) is 28.6. The highest BCUT2D eigenvalue weighted by Crippen LogP contribution is 2.24. The Labute approximate surface area is 206 Å². The van der Waals surface area contributed by atoms with Gasteiger partial charge in [0.25, 0.3) is 5.91 Å². The van der Waals surface area contributed by atoms with E-state index in [-0.39, 0.29) is 5.91 Å². The molecular weight excluding hydrogens is 438 g/mol. The van der Waals surface area contributed by atoms with Gasteiger partial charge in [-0.1, -0.05) is 36.4 Å². The fraction of sp³-hybridized carbons (Fsp3) is 0.167. The molecule has 0 aliphatic carbocycles. The zero-order chi connectivity index (χ0) is 24.6. The molecule has 0 aliphatic heterocycles. The highest BCUT2D eigenvalue weighted by Gasteiger charge is 2.12. The van der Waals surface area contributed by atoms with Gasteiger partial charge in [-0.2, -0.15) is 0 Å². The Morgan fingerprint density at radius 3 is 2.17 bits per heavy atom. The first-order chi connectivity index (χ1) is 17.0. The van der Waals surface area contributed by atoms with Crippen LogP contribution >= 0.6 is 0 Å². The smallest absolute Gasteiger partial charge is 0.255 e. The Balaban J connectivity index is 1.39. The van der Waals surface area contributed by atoms with Gasteiger partial charge < -0.3 is 19.5 Å². The predicted molar refractivity (Wildman–Crippen MR) is 138 cm³/mol. The van der Waals surface area contributed by atoms with Crippen molar-refractivity contribution in [2.75, 3.05) is 12.4 Å². The fourth-order valence-corrected chi connectivity index (χ4v) is 3.58. The van der Waals surface area contributed by atoms with Crippen molar-refractivity contribution in [2.45, 2.75) is 27.1 Å². The van der Waals surface area contributed by atoms with Gasteiger partial charge in [-0.15, -0.1) is 0 Å². The largest absolute Gasteiger partial charge is 0.496 e. The summed E-state index contributed by atoms with van der Waals surface area (Å²) in [6.07, 6.45) is 0. The normalized spacial score (nSPS) is 10.5. The molecule has 35 heavy (non-hydrogen) atoms. The molecule has 0 unspecified atom stereocenters. The van der Waals surface area contributed by atoms with Gasteiger partial charge in [0.2, 0.25) is 0 Å². The van der Waals surface area contributed by atoms with Crippen LogP contribution in [0.1, 0.15) is 32.6 Å². The third-order valence-corrected chi connectivity index (χ3v) is 5.78. The lowest BCUT2D eigenvalue weighted by molar-refractivity contribution is 0.102. The molecule has 0 fully saturated rings.